The van der Waals surface area contributed by atoms with Crippen molar-refractivity contribution in [3.05, 3.63) is 120 Å². The average Bonchev–Trinajstić information content (AvgIpc) is 3.22. The van der Waals surface area contributed by atoms with E-state index in [4.69, 9.17) is 0 Å². The van der Waals surface area contributed by atoms with Crippen LogP contribution in [0.4, 0.5) is 0 Å². The molecule has 144 valence electrons. The fraction of sp³-hybridized carbons (Fsp3) is 0.0323. The van der Waals surface area contributed by atoms with Crippen molar-refractivity contribution in [1.29, 1.82) is 0 Å². The van der Waals surface area contributed by atoms with E-state index in [0.717, 1.165) is 6.42 Å². The van der Waals surface area contributed by atoms with Crippen molar-refractivity contribution in [3.63, 3.8) is 0 Å². The molecular weight excluding hydrogens is 372 g/mol. The van der Waals surface area contributed by atoms with Gasteiger partial charge in [0, 0.05) is 0 Å². The molecule has 0 spiro atoms. The molecule has 31 heavy (non-hydrogen) atoms. The first-order chi connectivity index (χ1) is 15.4. The first-order valence-electron chi connectivity index (χ1n) is 10.9. The van der Waals surface area contributed by atoms with E-state index in [9.17, 15) is 0 Å². The zero-order valence-electron chi connectivity index (χ0n) is 17.1. The maximum absolute atomic E-state index is 2.38. The van der Waals surface area contributed by atoms with Gasteiger partial charge in [-0.15, -0.1) is 0 Å². The molecule has 0 amide bonds. The molecule has 0 bridgehead atoms. The van der Waals surface area contributed by atoms with Crippen LogP contribution in [0.25, 0.3) is 54.6 Å². The lowest BCUT2D eigenvalue weighted by atomic mass is 9.90. The van der Waals surface area contributed by atoms with Gasteiger partial charge in [0.25, 0.3) is 0 Å². The van der Waals surface area contributed by atoms with E-state index in [2.05, 4.69) is 109 Å². The summed E-state index contributed by atoms with van der Waals surface area (Å²) in [6.45, 7) is 0. The van der Waals surface area contributed by atoms with Crippen molar-refractivity contribution < 1.29 is 0 Å². The lowest BCUT2D eigenvalue weighted by Gasteiger charge is -2.13. The smallest absolute Gasteiger partial charge is 0.000706 e. The highest BCUT2D eigenvalue weighted by Crippen LogP contribution is 2.43. The Morgan fingerprint density at radius 1 is 0.452 bits per heavy atom. The molecular formula is C31H20. The molecule has 6 aromatic rings. The van der Waals surface area contributed by atoms with Crippen LogP contribution >= 0.6 is 0 Å². The lowest BCUT2D eigenvalue weighted by molar-refractivity contribution is 1.28. The van der Waals surface area contributed by atoms with Crippen LogP contribution in [0, 0.1) is 0 Å². The molecule has 0 nitrogen and oxygen atoms in total. The average molecular weight is 393 g/mol. The third-order valence-electron chi connectivity index (χ3n) is 6.89. The monoisotopic (exact) mass is 392 g/mol. The molecule has 0 aromatic heterocycles. The summed E-state index contributed by atoms with van der Waals surface area (Å²) in [7, 11) is 0. The highest BCUT2D eigenvalue weighted by molar-refractivity contribution is 6.10. The zero-order chi connectivity index (χ0) is 20.4. The fourth-order valence-corrected chi connectivity index (χ4v) is 5.43. The second kappa shape index (κ2) is 6.30. The Bertz CT molecular complexity index is 1650. The van der Waals surface area contributed by atoms with Crippen molar-refractivity contribution in [2.45, 2.75) is 6.42 Å². The Hall–Kier alpha value is -3.90. The highest BCUT2D eigenvalue weighted by Gasteiger charge is 2.21. The second-order valence-corrected chi connectivity index (χ2v) is 8.55. The van der Waals surface area contributed by atoms with Crippen molar-refractivity contribution >= 4 is 32.3 Å². The minimum Gasteiger partial charge on any atom is -0.0619 e. The van der Waals surface area contributed by atoms with Gasteiger partial charge in [-0.1, -0.05) is 103 Å². The summed E-state index contributed by atoms with van der Waals surface area (Å²) in [5, 5.41) is 7.95. The molecule has 1 aliphatic carbocycles. The quantitative estimate of drug-likeness (QED) is 0.246. The van der Waals surface area contributed by atoms with Crippen molar-refractivity contribution in [3.8, 4) is 22.3 Å². The van der Waals surface area contributed by atoms with E-state index in [1.54, 1.807) is 0 Å². The molecule has 0 unspecified atom stereocenters. The fourth-order valence-electron chi connectivity index (χ4n) is 5.43. The van der Waals surface area contributed by atoms with Gasteiger partial charge < -0.3 is 0 Å². The zero-order valence-corrected chi connectivity index (χ0v) is 17.1. The first kappa shape index (κ1) is 16.8. The number of fused-ring (bicyclic) bond motifs is 8. The van der Waals surface area contributed by atoms with Crippen LogP contribution in [0.3, 0.4) is 0 Å². The highest BCUT2D eigenvalue weighted by atomic mass is 14.2. The van der Waals surface area contributed by atoms with E-state index in [-0.39, 0.29) is 0 Å². The third-order valence-corrected chi connectivity index (χ3v) is 6.89. The van der Waals surface area contributed by atoms with E-state index in [1.165, 1.54) is 65.7 Å². The lowest BCUT2D eigenvalue weighted by Crippen LogP contribution is -1.89. The summed E-state index contributed by atoms with van der Waals surface area (Å²) in [5.74, 6) is 0. The molecule has 7 rings (SSSR count). The van der Waals surface area contributed by atoms with Crippen molar-refractivity contribution in [1.82, 2.24) is 0 Å². The van der Waals surface area contributed by atoms with Crippen LogP contribution < -0.4 is 0 Å². The largest absolute Gasteiger partial charge is 0.0619 e. The summed E-state index contributed by atoms with van der Waals surface area (Å²) in [6, 6.07) is 40.2. The van der Waals surface area contributed by atoms with E-state index in [1.807, 2.05) is 0 Å². The Labute approximate surface area is 181 Å². The van der Waals surface area contributed by atoms with Gasteiger partial charge in [-0.2, -0.15) is 0 Å². The minimum absolute atomic E-state index is 1.01. The number of rotatable bonds is 1. The van der Waals surface area contributed by atoms with Gasteiger partial charge in [0.15, 0.2) is 0 Å². The number of hydrogen-bond donors (Lipinski definition) is 0. The van der Waals surface area contributed by atoms with Crippen LogP contribution in [0.15, 0.2) is 109 Å². The standard InChI is InChI=1S/C31H20/c1-3-9-25-20(6-1)12-13-21-14-15-24(18-29(21)25)27-11-5-8-22-16-17-28-26-10-4-2-7-23(26)19-30(28)31(22)27/h1-18H,19H2. The van der Waals surface area contributed by atoms with Gasteiger partial charge in [0.05, 0.1) is 0 Å². The molecule has 0 saturated heterocycles. The molecule has 6 aromatic carbocycles. The van der Waals surface area contributed by atoms with Crippen molar-refractivity contribution in [2.24, 2.45) is 0 Å². The van der Waals surface area contributed by atoms with Gasteiger partial charge in [-0.25, -0.2) is 0 Å². The first-order valence-corrected chi connectivity index (χ1v) is 10.9. The Morgan fingerprint density at radius 2 is 1.16 bits per heavy atom. The van der Waals surface area contributed by atoms with E-state index >= 15 is 0 Å². The molecule has 0 aliphatic heterocycles. The molecule has 0 radical (unpaired) electrons. The second-order valence-electron chi connectivity index (χ2n) is 8.55. The van der Waals surface area contributed by atoms with Crippen LogP contribution in [-0.2, 0) is 6.42 Å². The molecule has 0 heteroatoms. The topological polar surface area (TPSA) is 0 Å². The Kier molecular flexibility index (Phi) is 3.42. The SMILES string of the molecule is c1ccc2c(c1)Cc1c-2ccc2cccc(-c3ccc4ccc5ccccc5c4c3)c12. The Balaban J connectivity index is 1.53. The van der Waals surface area contributed by atoms with Gasteiger partial charge in [0.2, 0.25) is 0 Å². The maximum Gasteiger partial charge on any atom is -0.000706 e. The minimum atomic E-state index is 1.01. The summed E-state index contributed by atoms with van der Waals surface area (Å²) >= 11 is 0. The summed E-state index contributed by atoms with van der Waals surface area (Å²) in [4.78, 5) is 0. The van der Waals surface area contributed by atoms with E-state index < -0.39 is 0 Å². The predicted molar refractivity (Wildman–Crippen MR) is 133 cm³/mol. The normalized spacial score (nSPS) is 12.4. The Morgan fingerprint density at radius 3 is 2.13 bits per heavy atom. The van der Waals surface area contributed by atoms with Crippen molar-refractivity contribution in [2.75, 3.05) is 0 Å². The van der Waals surface area contributed by atoms with Crippen LogP contribution in [0.2, 0.25) is 0 Å². The number of benzene rings is 6. The van der Waals surface area contributed by atoms with Gasteiger partial charge in [-0.05, 0) is 78.2 Å². The van der Waals surface area contributed by atoms with E-state index in [0.29, 0.717) is 0 Å². The maximum atomic E-state index is 2.38. The molecule has 1 aliphatic rings. The molecule has 0 fully saturated rings. The molecule has 0 heterocycles. The number of hydrogen-bond acceptors (Lipinski definition) is 0. The van der Waals surface area contributed by atoms with Crippen LogP contribution in [-0.4, -0.2) is 0 Å². The van der Waals surface area contributed by atoms with Crippen LogP contribution in [0.5, 0.6) is 0 Å². The molecule has 0 atom stereocenters. The summed E-state index contributed by atoms with van der Waals surface area (Å²) in [5.41, 5.74) is 8.30. The van der Waals surface area contributed by atoms with Gasteiger partial charge >= 0.3 is 0 Å². The molecule has 0 N–H and O–H groups in total. The predicted octanol–water partition coefficient (Wildman–Crippen LogP) is 8.38. The van der Waals surface area contributed by atoms with Gasteiger partial charge in [0.1, 0.15) is 0 Å². The van der Waals surface area contributed by atoms with Gasteiger partial charge in [-0.3, -0.25) is 0 Å². The summed E-state index contributed by atoms with van der Waals surface area (Å²) < 4.78 is 0. The summed E-state index contributed by atoms with van der Waals surface area (Å²) in [6.07, 6.45) is 1.01. The van der Waals surface area contributed by atoms with Crippen LogP contribution in [0.1, 0.15) is 11.1 Å². The molecule has 0 saturated carbocycles. The third kappa shape index (κ3) is 2.42.